The molecule has 1 aromatic carbocycles. The molecule has 1 unspecified atom stereocenters. The lowest BCUT2D eigenvalue weighted by molar-refractivity contribution is -0.0559. The van der Waals surface area contributed by atoms with Crippen LogP contribution in [0.4, 0.5) is 0 Å². The Labute approximate surface area is 111 Å². The van der Waals surface area contributed by atoms with Gasteiger partial charge in [-0.1, -0.05) is 12.1 Å². The van der Waals surface area contributed by atoms with Gasteiger partial charge in [-0.05, 0) is 36.0 Å². The molecule has 1 saturated heterocycles. The summed E-state index contributed by atoms with van der Waals surface area (Å²) in [7, 11) is 0. The van der Waals surface area contributed by atoms with Gasteiger partial charge >= 0.3 is 0 Å². The summed E-state index contributed by atoms with van der Waals surface area (Å²) in [5.41, 5.74) is 2.50. The largest absolute Gasteiger partial charge is 0.396 e. The highest BCUT2D eigenvalue weighted by molar-refractivity contribution is 5.88. The second kappa shape index (κ2) is 3.82. The number of aromatic nitrogens is 1. The highest BCUT2D eigenvalue weighted by Crippen LogP contribution is 2.44. The second-order valence-electron chi connectivity index (χ2n) is 5.88. The number of hydrogen-bond donors (Lipinski definition) is 4. The van der Waals surface area contributed by atoms with Gasteiger partial charge in [0.25, 0.3) is 0 Å². The summed E-state index contributed by atoms with van der Waals surface area (Å²) < 4.78 is 0. The number of aliphatic hydroxyl groups is 2. The number of aromatic amines is 1. The first-order valence-electron chi connectivity index (χ1n) is 6.88. The number of H-pyrrole nitrogens is 1. The van der Waals surface area contributed by atoms with Crippen LogP contribution in [0, 0.1) is 5.92 Å². The van der Waals surface area contributed by atoms with Crippen LogP contribution in [0.5, 0.6) is 0 Å². The van der Waals surface area contributed by atoms with Gasteiger partial charge < -0.3 is 20.5 Å². The highest BCUT2D eigenvalue weighted by atomic mass is 16.3. The van der Waals surface area contributed by atoms with Crippen LogP contribution in [0.15, 0.2) is 24.4 Å². The van der Waals surface area contributed by atoms with E-state index in [1.165, 1.54) is 10.9 Å². The third-order valence-corrected chi connectivity index (χ3v) is 4.77. The van der Waals surface area contributed by atoms with E-state index in [0.29, 0.717) is 6.42 Å². The molecule has 2 heterocycles. The van der Waals surface area contributed by atoms with E-state index in [9.17, 15) is 10.2 Å². The van der Waals surface area contributed by atoms with E-state index >= 15 is 0 Å². The Hall–Kier alpha value is -1.36. The third kappa shape index (κ3) is 1.45. The lowest BCUT2D eigenvalue weighted by Gasteiger charge is -2.46. The number of nitrogens with one attached hydrogen (secondary N) is 2. The molecule has 0 saturated carbocycles. The summed E-state index contributed by atoms with van der Waals surface area (Å²) in [5.74, 6) is 0.122. The average molecular weight is 258 g/mol. The quantitative estimate of drug-likeness (QED) is 0.614. The van der Waals surface area contributed by atoms with Crippen molar-refractivity contribution >= 4 is 10.9 Å². The van der Waals surface area contributed by atoms with Crippen LogP contribution in [0.3, 0.4) is 0 Å². The van der Waals surface area contributed by atoms with Crippen molar-refractivity contribution in [3.8, 4) is 0 Å². The Morgan fingerprint density at radius 2 is 2.26 bits per heavy atom. The smallest absolute Gasteiger partial charge is 0.106 e. The average Bonchev–Trinajstić information content (AvgIpc) is 2.84. The Kier molecular flexibility index (Phi) is 2.31. The van der Waals surface area contributed by atoms with E-state index in [0.717, 1.165) is 24.0 Å². The zero-order chi connectivity index (χ0) is 13.0. The van der Waals surface area contributed by atoms with E-state index in [4.69, 9.17) is 0 Å². The standard InChI is InChI=1S/C15H18N2O2/c18-8-9-5-15(19)11-2-1-3-12-14(11)10(7-16-12)4-13(15)17-6-9/h1-3,7,9,13,16-19H,4-6,8H2/t9?,13-,15+/m1/s1. The molecule has 1 aliphatic heterocycles. The minimum Gasteiger partial charge on any atom is -0.396 e. The molecule has 1 fully saturated rings. The summed E-state index contributed by atoms with van der Waals surface area (Å²) >= 11 is 0. The Morgan fingerprint density at radius 3 is 3.11 bits per heavy atom. The number of rotatable bonds is 1. The van der Waals surface area contributed by atoms with Crippen molar-refractivity contribution in [2.75, 3.05) is 13.2 Å². The van der Waals surface area contributed by atoms with Gasteiger partial charge in [-0.25, -0.2) is 0 Å². The SMILES string of the molecule is OCC1CN[C@@H]2Cc3c[nH]c4cccc(c34)[C@@]2(O)C1. The second-order valence-corrected chi connectivity index (χ2v) is 5.88. The summed E-state index contributed by atoms with van der Waals surface area (Å²) in [6.07, 6.45) is 3.52. The van der Waals surface area contributed by atoms with Gasteiger partial charge in [-0.3, -0.25) is 0 Å². The van der Waals surface area contributed by atoms with Gasteiger partial charge in [0.1, 0.15) is 5.60 Å². The van der Waals surface area contributed by atoms with E-state index < -0.39 is 5.60 Å². The van der Waals surface area contributed by atoms with Crippen molar-refractivity contribution in [1.82, 2.24) is 10.3 Å². The molecule has 4 heteroatoms. The zero-order valence-electron chi connectivity index (χ0n) is 10.7. The maximum Gasteiger partial charge on any atom is 0.106 e. The molecule has 2 aromatic rings. The zero-order valence-corrected chi connectivity index (χ0v) is 10.7. The first kappa shape index (κ1) is 11.5. The van der Waals surface area contributed by atoms with Crippen LogP contribution < -0.4 is 5.32 Å². The molecular formula is C15H18N2O2. The number of piperidine rings is 1. The van der Waals surface area contributed by atoms with Crippen LogP contribution >= 0.6 is 0 Å². The minimum absolute atomic E-state index is 0.0456. The molecule has 4 rings (SSSR count). The molecule has 4 N–H and O–H groups in total. The predicted molar refractivity (Wildman–Crippen MR) is 72.9 cm³/mol. The van der Waals surface area contributed by atoms with Gasteiger partial charge in [0.05, 0.1) is 0 Å². The molecule has 0 bridgehead atoms. The molecular weight excluding hydrogens is 240 g/mol. The van der Waals surface area contributed by atoms with Crippen molar-refractivity contribution in [2.45, 2.75) is 24.5 Å². The van der Waals surface area contributed by atoms with Crippen molar-refractivity contribution in [3.05, 3.63) is 35.5 Å². The van der Waals surface area contributed by atoms with Gasteiger partial charge in [-0.2, -0.15) is 0 Å². The van der Waals surface area contributed by atoms with Crippen LogP contribution in [0.25, 0.3) is 10.9 Å². The lowest BCUT2D eigenvalue weighted by atomic mass is 9.70. The molecule has 0 spiro atoms. The molecule has 3 atom stereocenters. The van der Waals surface area contributed by atoms with E-state index in [1.807, 2.05) is 24.4 Å². The lowest BCUT2D eigenvalue weighted by Crippen LogP contribution is -2.58. The number of benzene rings is 1. The predicted octanol–water partition coefficient (Wildman–Crippen LogP) is 0.882. The van der Waals surface area contributed by atoms with Crippen LogP contribution in [-0.2, 0) is 12.0 Å². The summed E-state index contributed by atoms with van der Waals surface area (Å²) in [6.45, 7) is 0.900. The normalized spacial score (nSPS) is 33.4. The fraction of sp³-hybridized carbons (Fsp3) is 0.467. The monoisotopic (exact) mass is 258 g/mol. The fourth-order valence-electron chi connectivity index (χ4n) is 3.80. The third-order valence-electron chi connectivity index (χ3n) is 4.77. The molecule has 1 aliphatic carbocycles. The summed E-state index contributed by atoms with van der Waals surface area (Å²) in [4.78, 5) is 3.28. The molecule has 4 nitrogen and oxygen atoms in total. The van der Waals surface area contributed by atoms with E-state index in [-0.39, 0.29) is 18.6 Å². The molecule has 0 radical (unpaired) electrons. The van der Waals surface area contributed by atoms with Gasteiger partial charge in [0, 0.05) is 36.3 Å². The number of hydrogen-bond acceptors (Lipinski definition) is 3. The summed E-state index contributed by atoms with van der Waals surface area (Å²) in [5, 5.41) is 25.2. The summed E-state index contributed by atoms with van der Waals surface area (Å²) in [6, 6.07) is 6.10. The Balaban J connectivity index is 1.92. The maximum absolute atomic E-state index is 11.2. The molecule has 0 amide bonds. The van der Waals surface area contributed by atoms with Crippen molar-refractivity contribution in [3.63, 3.8) is 0 Å². The molecule has 2 aliphatic rings. The Morgan fingerprint density at radius 1 is 1.37 bits per heavy atom. The van der Waals surface area contributed by atoms with Crippen molar-refractivity contribution in [1.29, 1.82) is 0 Å². The topological polar surface area (TPSA) is 68.3 Å². The Bertz CT molecular complexity index is 636. The maximum atomic E-state index is 11.2. The van der Waals surface area contributed by atoms with Crippen molar-refractivity contribution < 1.29 is 10.2 Å². The molecule has 1 aromatic heterocycles. The van der Waals surface area contributed by atoms with Crippen molar-refractivity contribution in [2.24, 2.45) is 5.92 Å². The fourth-order valence-corrected chi connectivity index (χ4v) is 3.80. The number of aliphatic hydroxyl groups excluding tert-OH is 1. The van der Waals surface area contributed by atoms with Gasteiger partial charge in [-0.15, -0.1) is 0 Å². The van der Waals surface area contributed by atoms with Crippen LogP contribution in [-0.4, -0.2) is 34.4 Å². The van der Waals surface area contributed by atoms with E-state index in [1.54, 1.807) is 0 Å². The van der Waals surface area contributed by atoms with Gasteiger partial charge in [0.2, 0.25) is 0 Å². The molecule has 19 heavy (non-hydrogen) atoms. The van der Waals surface area contributed by atoms with E-state index in [2.05, 4.69) is 10.3 Å². The first-order valence-corrected chi connectivity index (χ1v) is 6.88. The number of fused-ring (bicyclic) bond motifs is 2. The van der Waals surface area contributed by atoms with Crippen LogP contribution in [0.2, 0.25) is 0 Å². The molecule has 100 valence electrons. The first-order chi connectivity index (χ1) is 9.22. The minimum atomic E-state index is -0.861. The highest BCUT2D eigenvalue weighted by Gasteiger charge is 2.47. The van der Waals surface area contributed by atoms with Gasteiger partial charge in [0.15, 0.2) is 0 Å². The van der Waals surface area contributed by atoms with Crippen LogP contribution in [0.1, 0.15) is 17.5 Å².